The lowest BCUT2D eigenvalue weighted by Crippen LogP contribution is -2.51. The number of likely N-dealkylation sites (tertiary alicyclic amines) is 1. The molecule has 102 valence electrons. The molecular formula is C14H24N2O2. The molecule has 0 bridgehead atoms. The number of amides is 2. The molecule has 1 unspecified atom stereocenters. The van der Waals surface area contributed by atoms with Crippen LogP contribution in [0.4, 0.5) is 4.79 Å². The van der Waals surface area contributed by atoms with Gasteiger partial charge in [0.25, 0.3) is 0 Å². The number of urea groups is 1. The van der Waals surface area contributed by atoms with Crippen molar-refractivity contribution in [3.8, 4) is 12.3 Å². The zero-order valence-corrected chi connectivity index (χ0v) is 11.7. The lowest BCUT2D eigenvalue weighted by molar-refractivity contribution is 0.0844. The minimum Gasteiger partial charge on any atom is -0.368 e. The van der Waals surface area contributed by atoms with Crippen LogP contribution >= 0.6 is 0 Å². The van der Waals surface area contributed by atoms with Crippen LogP contribution in [0.15, 0.2) is 0 Å². The second-order valence-electron chi connectivity index (χ2n) is 5.85. The van der Waals surface area contributed by atoms with E-state index >= 15 is 0 Å². The summed E-state index contributed by atoms with van der Waals surface area (Å²) in [4.78, 5) is 13.9. The number of piperidine rings is 1. The summed E-state index contributed by atoms with van der Waals surface area (Å²) in [6.07, 6.45) is 7.27. The molecule has 4 heteroatoms. The molecule has 1 aliphatic rings. The van der Waals surface area contributed by atoms with E-state index < -0.39 is 0 Å². The Morgan fingerprint density at radius 2 is 2.28 bits per heavy atom. The van der Waals surface area contributed by atoms with Crippen LogP contribution in [0.3, 0.4) is 0 Å². The number of terminal acetylenes is 1. The molecule has 1 aliphatic heterocycles. The number of ether oxygens (including phenoxy) is 1. The maximum Gasteiger partial charge on any atom is 0.317 e. The zero-order valence-electron chi connectivity index (χ0n) is 11.7. The normalized spacial score (nSPS) is 20.3. The highest BCUT2D eigenvalue weighted by atomic mass is 16.5. The average Bonchev–Trinajstić information content (AvgIpc) is 2.27. The molecule has 4 nitrogen and oxygen atoms in total. The average molecular weight is 252 g/mol. The highest BCUT2D eigenvalue weighted by molar-refractivity contribution is 5.75. The van der Waals surface area contributed by atoms with Gasteiger partial charge in [-0.1, -0.05) is 5.92 Å². The molecule has 1 rings (SSSR count). The predicted octanol–water partition coefficient (Wildman–Crippen LogP) is 1.86. The first-order valence-corrected chi connectivity index (χ1v) is 6.50. The first kappa shape index (κ1) is 14.8. The topological polar surface area (TPSA) is 41.6 Å². The van der Waals surface area contributed by atoms with Crippen LogP contribution in [-0.4, -0.2) is 42.8 Å². The number of nitrogens with zero attached hydrogens (tertiary/aromatic N) is 1. The van der Waals surface area contributed by atoms with Gasteiger partial charge in [-0.05, 0) is 33.6 Å². The van der Waals surface area contributed by atoms with Crippen LogP contribution in [0.1, 0.15) is 33.6 Å². The molecule has 18 heavy (non-hydrogen) atoms. The van der Waals surface area contributed by atoms with Gasteiger partial charge in [0.1, 0.15) is 6.61 Å². The number of rotatable bonds is 3. The van der Waals surface area contributed by atoms with Crippen molar-refractivity contribution in [1.82, 2.24) is 10.2 Å². The van der Waals surface area contributed by atoms with E-state index in [4.69, 9.17) is 11.2 Å². The standard InChI is InChI=1S/C14H24N2O2/c1-5-9-18-11-12-7-6-8-16(10-12)13(17)15-14(2,3)4/h1,12H,6-11H2,2-4H3,(H,15,17). The highest BCUT2D eigenvalue weighted by Gasteiger charge is 2.25. The van der Waals surface area contributed by atoms with Crippen molar-refractivity contribution in [2.45, 2.75) is 39.2 Å². The summed E-state index contributed by atoms with van der Waals surface area (Å²) in [6, 6.07) is 0.0177. The van der Waals surface area contributed by atoms with Crippen LogP contribution in [0, 0.1) is 18.3 Å². The smallest absolute Gasteiger partial charge is 0.317 e. The number of carbonyl (C=O) groups excluding carboxylic acids is 1. The van der Waals surface area contributed by atoms with Gasteiger partial charge in [0.05, 0.1) is 6.61 Å². The van der Waals surface area contributed by atoms with E-state index in [0.717, 1.165) is 25.9 Å². The van der Waals surface area contributed by atoms with Crippen molar-refractivity contribution in [1.29, 1.82) is 0 Å². The first-order chi connectivity index (χ1) is 8.42. The third-order valence-corrected chi connectivity index (χ3v) is 2.83. The Hall–Kier alpha value is -1.21. The Kier molecular flexibility index (Phi) is 5.49. The minimum absolute atomic E-state index is 0.0177. The number of hydrogen-bond donors (Lipinski definition) is 1. The predicted molar refractivity (Wildman–Crippen MR) is 72.2 cm³/mol. The van der Waals surface area contributed by atoms with E-state index in [1.54, 1.807) is 0 Å². The van der Waals surface area contributed by atoms with Crippen LogP contribution in [0.2, 0.25) is 0 Å². The third-order valence-electron chi connectivity index (χ3n) is 2.83. The van der Waals surface area contributed by atoms with Crippen molar-refractivity contribution < 1.29 is 9.53 Å². The van der Waals surface area contributed by atoms with Crippen molar-refractivity contribution in [3.05, 3.63) is 0 Å². The van der Waals surface area contributed by atoms with Crippen LogP contribution in [0.5, 0.6) is 0 Å². The lowest BCUT2D eigenvalue weighted by Gasteiger charge is -2.34. The Morgan fingerprint density at radius 3 is 2.89 bits per heavy atom. The van der Waals surface area contributed by atoms with Crippen molar-refractivity contribution in [2.24, 2.45) is 5.92 Å². The van der Waals surface area contributed by atoms with E-state index in [1.165, 1.54) is 0 Å². The van der Waals surface area contributed by atoms with Crippen molar-refractivity contribution in [3.63, 3.8) is 0 Å². The molecule has 0 saturated carbocycles. The van der Waals surface area contributed by atoms with Crippen molar-refractivity contribution >= 4 is 6.03 Å². The first-order valence-electron chi connectivity index (χ1n) is 6.50. The molecule has 1 saturated heterocycles. The molecule has 1 atom stereocenters. The fraction of sp³-hybridized carbons (Fsp3) is 0.786. The van der Waals surface area contributed by atoms with E-state index in [2.05, 4.69) is 11.2 Å². The van der Waals surface area contributed by atoms with Gasteiger partial charge in [-0.3, -0.25) is 0 Å². The minimum atomic E-state index is -0.190. The molecule has 1 fully saturated rings. The number of nitrogens with one attached hydrogen (secondary N) is 1. The summed E-state index contributed by atoms with van der Waals surface area (Å²) in [7, 11) is 0. The molecule has 1 heterocycles. The second kappa shape index (κ2) is 6.65. The molecule has 1 N–H and O–H groups in total. The largest absolute Gasteiger partial charge is 0.368 e. The van der Waals surface area contributed by atoms with E-state index in [9.17, 15) is 4.79 Å². The van der Waals surface area contributed by atoms with Gasteiger partial charge < -0.3 is 15.0 Å². The molecule has 0 aromatic carbocycles. The summed E-state index contributed by atoms with van der Waals surface area (Å²) >= 11 is 0. The zero-order chi connectivity index (χ0) is 13.6. The van der Waals surface area contributed by atoms with Crippen LogP contribution < -0.4 is 5.32 Å². The van der Waals surface area contributed by atoms with Gasteiger partial charge in [-0.25, -0.2) is 4.79 Å². The van der Waals surface area contributed by atoms with Gasteiger partial charge in [-0.2, -0.15) is 0 Å². The van der Waals surface area contributed by atoms with Gasteiger partial charge in [0.2, 0.25) is 0 Å². The van der Waals surface area contributed by atoms with Crippen molar-refractivity contribution in [2.75, 3.05) is 26.3 Å². The fourth-order valence-electron chi connectivity index (χ4n) is 2.07. The Labute approximate surface area is 110 Å². The maximum atomic E-state index is 12.0. The summed E-state index contributed by atoms with van der Waals surface area (Å²) in [6.45, 7) is 8.54. The SMILES string of the molecule is C#CCOCC1CCCN(C(=O)NC(C)(C)C)C1. The lowest BCUT2D eigenvalue weighted by atomic mass is 9.99. The maximum absolute atomic E-state index is 12.0. The monoisotopic (exact) mass is 252 g/mol. The summed E-state index contributed by atoms with van der Waals surface area (Å²) in [5, 5.41) is 2.99. The molecular weight excluding hydrogens is 228 g/mol. The molecule has 0 aromatic rings. The molecule has 0 spiro atoms. The summed E-state index contributed by atoms with van der Waals surface area (Å²) in [5.74, 6) is 2.86. The molecule has 0 aliphatic carbocycles. The van der Waals surface area contributed by atoms with Gasteiger partial charge in [-0.15, -0.1) is 6.42 Å². The van der Waals surface area contributed by atoms with Crippen LogP contribution in [0.25, 0.3) is 0 Å². The Bertz CT molecular complexity index is 315. The highest BCUT2D eigenvalue weighted by Crippen LogP contribution is 2.17. The fourth-order valence-corrected chi connectivity index (χ4v) is 2.07. The quantitative estimate of drug-likeness (QED) is 0.615. The Morgan fingerprint density at radius 1 is 1.56 bits per heavy atom. The summed E-state index contributed by atoms with van der Waals surface area (Å²) < 4.78 is 5.36. The van der Waals surface area contributed by atoms with Gasteiger partial charge in [0, 0.05) is 24.5 Å². The molecule has 0 aromatic heterocycles. The summed E-state index contributed by atoms with van der Waals surface area (Å²) in [5.41, 5.74) is -0.190. The molecule has 2 amide bonds. The Balaban J connectivity index is 2.39. The van der Waals surface area contributed by atoms with E-state index in [1.807, 2.05) is 25.7 Å². The number of hydrogen-bond acceptors (Lipinski definition) is 2. The van der Waals surface area contributed by atoms with E-state index in [-0.39, 0.29) is 11.6 Å². The van der Waals surface area contributed by atoms with E-state index in [0.29, 0.717) is 19.1 Å². The second-order valence-corrected chi connectivity index (χ2v) is 5.85. The van der Waals surface area contributed by atoms with Gasteiger partial charge in [0.15, 0.2) is 0 Å². The molecule has 0 radical (unpaired) electrons. The van der Waals surface area contributed by atoms with Crippen LogP contribution in [-0.2, 0) is 4.74 Å². The van der Waals surface area contributed by atoms with Gasteiger partial charge >= 0.3 is 6.03 Å². The third kappa shape index (κ3) is 5.42. The number of carbonyl (C=O) groups is 1.